The van der Waals surface area contributed by atoms with E-state index in [1.54, 1.807) is 0 Å². The van der Waals surface area contributed by atoms with Gasteiger partial charge in [-0.15, -0.1) is 0 Å². The van der Waals surface area contributed by atoms with Crippen LogP contribution in [0.1, 0.15) is 115 Å². The number of rotatable bonds is 4. The third kappa shape index (κ3) is 21.9. The molecule has 200 valence electrons. The van der Waals surface area contributed by atoms with E-state index in [1.807, 2.05) is 55.4 Å². The largest absolute Gasteiger partial charge is 0.0959 e. The van der Waals surface area contributed by atoms with Crippen molar-refractivity contribution in [2.24, 2.45) is 0 Å². The topological polar surface area (TPSA) is 0 Å². The fourth-order valence-corrected chi connectivity index (χ4v) is 2.62. The van der Waals surface area contributed by atoms with E-state index < -0.39 is 0 Å². The van der Waals surface area contributed by atoms with Gasteiger partial charge in [-0.25, -0.2) is 0 Å². The average Bonchev–Trinajstić information content (AvgIpc) is 2.86. The van der Waals surface area contributed by atoms with Crippen molar-refractivity contribution in [3.63, 3.8) is 0 Å². The van der Waals surface area contributed by atoms with Gasteiger partial charge in [0.1, 0.15) is 0 Å². The average molecular weight is 481 g/mol. The lowest BCUT2D eigenvalue weighted by atomic mass is 10.0. The second-order valence-corrected chi connectivity index (χ2v) is 8.14. The lowest BCUT2D eigenvalue weighted by molar-refractivity contribution is 0.949. The first-order chi connectivity index (χ1) is 16.5. The van der Waals surface area contributed by atoms with Crippen LogP contribution >= 0.6 is 0 Å². The van der Waals surface area contributed by atoms with E-state index >= 15 is 0 Å². The molecule has 0 spiro atoms. The molecule has 0 heteroatoms. The Bertz CT molecular complexity index is 831. The molecule has 35 heavy (non-hydrogen) atoms. The van der Waals surface area contributed by atoms with Crippen LogP contribution in [0, 0.1) is 34.6 Å². The molecule has 2 aromatic rings. The van der Waals surface area contributed by atoms with Gasteiger partial charge in [-0.1, -0.05) is 138 Å². The van der Waals surface area contributed by atoms with E-state index in [2.05, 4.69) is 104 Å². The van der Waals surface area contributed by atoms with Gasteiger partial charge < -0.3 is 0 Å². The zero-order valence-corrected chi connectivity index (χ0v) is 26.4. The van der Waals surface area contributed by atoms with Gasteiger partial charge in [-0.2, -0.15) is 0 Å². The maximum atomic E-state index is 3.93. The van der Waals surface area contributed by atoms with E-state index in [9.17, 15) is 0 Å². The number of unbranched alkanes of at least 4 members (excludes halogenated alkanes) is 1. The highest BCUT2D eigenvalue weighted by Gasteiger charge is 1.97. The van der Waals surface area contributed by atoms with Gasteiger partial charge in [0.15, 0.2) is 0 Å². The van der Waals surface area contributed by atoms with Crippen LogP contribution in [0.2, 0.25) is 0 Å². The Labute approximate surface area is 222 Å². The normalized spacial score (nSPS) is 9.06. The molecule has 0 aliphatic heterocycles. The Morgan fingerprint density at radius 3 is 1.40 bits per heavy atom. The second-order valence-electron chi connectivity index (χ2n) is 8.14. The summed E-state index contributed by atoms with van der Waals surface area (Å²) >= 11 is 0. The zero-order chi connectivity index (χ0) is 28.6. The van der Waals surface area contributed by atoms with Crippen molar-refractivity contribution in [3.8, 4) is 0 Å². The first-order valence-electron chi connectivity index (χ1n) is 13.6. The molecule has 2 rings (SSSR count). The van der Waals surface area contributed by atoms with Crippen LogP contribution in [0.3, 0.4) is 0 Å². The van der Waals surface area contributed by atoms with Crippen molar-refractivity contribution in [3.05, 3.63) is 100 Å². The van der Waals surface area contributed by atoms with Gasteiger partial charge in [0.2, 0.25) is 0 Å². The molecule has 0 saturated heterocycles. The third-order valence-corrected chi connectivity index (χ3v) is 4.93. The van der Waals surface area contributed by atoms with E-state index in [0.717, 1.165) is 5.57 Å². The van der Waals surface area contributed by atoms with Crippen molar-refractivity contribution in [2.45, 2.75) is 117 Å². The second kappa shape index (κ2) is 26.3. The highest BCUT2D eigenvalue weighted by atomic mass is 14.0. The predicted molar refractivity (Wildman–Crippen MR) is 169 cm³/mol. The molecule has 0 radical (unpaired) electrons. The zero-order valence-electron chi connectivity index (χ0n) is 26.4. The lowest BCUT2D eigenvalue weighted by Gasteiger charge is -2.05. The minimum atomic E-state index is 1.14. The molecule has 0 aromatic heterocycles. The molecule has 0 aliphatic rings. The van der Waals surface area contributed by atoms with Gasteiger partial charge in [-0.05, 0) is 84.1 Å². The third-order valence-electron chi connectivity index (χ3n) is 4.93. The molecule has 0 N–H and O–H groups in total. The fourth-order valence-electron chi connectivity index (χ4n) is 2.62. The van der Waals surface area contributed by atoms with Gasteiger partial charge in [-0.3, -0.25) is 0 Å². The smallest absolute Gasteiger partial charge is 0.0201 e. The molecule has 0 heterocycles. The van der Waals surface area contributed by atoms with E-state index in [0.29, 0.717) is 0 Å². The van der Waals surface area contributed by atoms with Crippen LogP contribution < -0.4 is 0 Å². The minimum absolute atomic E-state index is 1.14. The first kappa shape index (κ1) is 39.9. The lowest BCUT2D eigenvalue weighted by Crippen LogP contribution is -1.85. The maximum absolute atomic E-state index is 3.93. The molecule has 0 amide bonds. The van der Waals surface area contributed by atoms with Gasteiger partial charge in [0.25, 0.3) is 0 Å². The Hall–Kier alpha value is -2.34. The van der Waals surface area contributed by atoms with Crippen LogP contribution in [0.4, 0.5) is 0 Å². The van der Waals surface area contributed by atoms with E-state index in [4.69, 9.17) is 0 Å². The summed E-state index contributed by atoms with van der Waals surface area (Å²) < 4.78 is 0. The Morgan fingerprint density at radius 2 is 1.09 bits per heavy atom. The summed E-state index contributed by atoms with van der Waals surface area (Å²) in [4.78, 5) is 0. The summed E-state index contributed by atoms with van der Waals surface area (Å²) in [5.74, 6) is 0. The molecule has 0 aliphatic carbocycles. The monoisotopic (exact) mass is 480 g/mol. The van der Waals surface area contributed by atoms with Gasteiger partial charge >= 0.3 is 0 Å². The fraction of sp³-hybridized carbons (Fsp3) is 0.486. The van der Waals surface area contributed by atoms with Crippen molar-refractivity contribution in [2.75, 3.05) is 0 Å². The van der Waals surface area contributed by atoms with E-state index in [1.165, 1.54) is 57.4 Å². The molecular weight excluding hydrogens is 420 g/mol. The van der Waals surface area contributed by atoms with E-state index in [-0.39, 0.29) is 0 Å². The predicted octanol–water partition coefficient (Wildman–Crippen LogP) is 12.3. The van der Waals surface area contributed by atoms with Crippen LogP contribution in [0.5, 0.6) is 0 Å². The van der Waals surface area contributed by atoms with Gasteiger partial charge in [0.05, 0.1) is 0 Å². The Kier molecular flexibility index (Phi) is 29.9. The maximum Gasteiger partial charge on any atom is -0.0201 e. The quantitative estimate of drug-likeness (QED) is 0.382. The molecule has 0 atom stereocenters. The molecule has 0 saturated carbocycles. The van der Waals surface area contributed by atoms with Crippen molar-refractivity contribution >= 4 is 5.57 Å². The summed E-state index contributed by atoms with van der Waals surface area (Å²) in [6.07, 6.45) is 4.64. The van der Waals surface area contributed by atoms with Crippen LogP contribution in [0.25, 0.3) is 5.57 Å². The number of aryl methyl sites for hydroxylation is 5. The van der Waals surface area contributed by atoms with Gasteiger partial charge in [0, 0.05) is 0 Å². The van der Waals surface area contributed by atoms with Crippen LogP contribution in [-0.2, 0) is 0 Å². The molecule has 0 unspecified atom stereocenters. The Balaban J connectivity index is -0.000000186. The van der Waals surface area contributed by atoms with Crippen molar-refractivity contribution < 1.29 is 0 Å². The number of benzene rings is 2. The summed E-state index contributed by atoms with van der Waals surface area (Å²) in [7, 11) is 0. The minimum Gasteiger partial charge on any atom is -0.0959 e. The molecule has 0 bridgehead atoms. The molecule has 2 aromatic carbocycles. The highest BCUT2D eigenvalue weighted by molar-refractivity contribution is 5.64. The Morgan fingerprint density at radius 1 is 0.657 bits per heavy atom. The highest BCUT2D eigenvalue weighted by Crippen LogP contribution is 2.17. The number of hydrogen-bond acceptors (Lipinski definition) is 0. The first-order valence-corrected chi connectivity index (χ1v) is 13.6. The number of allylic oxidation sites excluding steroid dienone is 4. The summed E-state index contributed by atoms with van der Waals surface area (Å²) in [6.45, 7) is 38.8. The molecule has 0 fully saturated rings. The van der Waals surface area contributed by atoms with Crippen LogP contribution in [0.15, 0.2) is 66.8 Å². The summed E-state index contributed by atoms with van der Waals surface area (Å²) in [5, 5.41) is 0. The SMILES string of the molecule is C=C(C)/C(C)=C/CCC.C=C(C)c1cc(C)ccc1C.CC.CC.CC.Cc1ccc(C)c(C)c1. The van der Waals surface area contributed by atoms with Crippen molar-refractivity contribution in [1.82, 2.24) is 0 Å². The van der Waals surface area contributed by atoms with Crippen LogP contribution in [-0.4, -0.2) is 0 Å². The summed E-state index contributed by atoms with van der Waals surface area (Å²) in [6, 6.07) is 12.9. The number of hydrogen-bond donors (Lipinski definition) is 0. The molecular formula is C35H60. The molecule has 0 nitrogen and oxygen atoms in total. The van der Waals surface area contributed by atoms with Crippen molar-refractivity contribution in [1.29, 1.82) is 0 Å². The standard InChI is InChI=1S/C11H14.C9H12.C9H16.3C2H6/c1-8(2)11-7-9(3)5-6-10(11)4;1-7-4-5-8(2)9(3)6-7;1-5-6-7-9(4)8(2)3;3*1-2/h5-7H,1H2,2-4H3;4-6H,1-3H3;7H,2,5-6H2,1,3-4H3;3*1-2H3/b;;9-7+;;;. The summed E-state index contributed by atoms with van der Waals surface area (Å²) in [5.41, 5.74) is 11.7.